The fourth-order valence-corrected chi connectivity index (χ4v) is 2.99. The van der Waals surface area contributed by atoms with Crippen molar-refractivity contribution in [1.82, 2.24) is 0 Å². The van der Waals surface area contributed by atoms with Gasteiger partial charge in [-0.15, -0.1) is 0 Å². The van der Waals surface area contributed by atoms with E-state index in [9.17, 15) is 4.79 Å². The Kier molecular flexibility index (Phi) is 4.72. The van der Waals surface area contributed by atoms with Crippen LogP contribution >= 0.6 is 11.6 Å². The number of benzene rings is 2. The molecule has 1 aliphatic rings. The summed E-state index contributed by atoms with van der Waals surface area (Å²) in [5.74, 6) is -0.162. The molecule has 1 heterocycles. The molecule has 0 aliphatic carbocycles. The van der Waals surface area contributed by atoms with Gasteiger partial charge in [0.25, 0.3) is 5.91 Å². The van der Waals surface area contributed by atoms with Gasteiger partial charge in [0.1, 0.15) is 0 Å². The number of carbonyl (C=O) groups excluding carboxylic acids is 1. The van der Waals surface area contributed by atoms with Crippen LogP contribution in [0.2, 0.25) is 5.02 Å². The Labute approximate surface area is 141 Å². The molecule has 5 heteroatoms. The molecule has 2 aromatic carbocycles. The zero-order valence-corrected chi connectivity index (χ0v) is 13.6. The second kappa shape index (κ2) is 6.92. The minimum atomic E-state index is -0.162. The minimum Gasteiger partial charge on any atom is -0.399 e. The number of nitrogens with zero attached hydrogens (tertiary/aromatic N) is 1. The van der Waals surface area contributed by atoms with Crippen molar-refractivity contribution >= 4 is 34.6 Å². The second-order valence-corrected chi connectivity index (χ2v) is 6.22. The first-order valence-corrected chi connectivity index (χ1v) is 8.23. The Morgan fingerprint density at radius 3 is 2.43 bits per heavy atom. The molecule has 1 amide bonds. The van der Waals surface area contributed by atoms with Gasteiger partial charge in [-0.05, 0) is 61.7 Å². The predicted octanol–water partition coefficient (Wildman–Crippen LogP) is 4.16. The minimum absolute atomic E-state index is 0.162. The number of nitrogens with one attached hydrogen (secondary N) is 1. The molecular formula is C18H20ClN3O. The summed E-state index contributed by atoms with van der Waals surface area (Å²) in [5.41, 5.74) is 8.90. The molecule has 0 aromatic heterocycles. The van der Waals surface area contributed by atoms with Gasteiger partial charge in [-0.2, -0.15) is 0 Å². The first-order chi connectivity index (χ1) is 11.1. The van der Waals surface area contributed by atoms with E-state index in [0.717, 1.165) is 24.5 Å². The molecule has 1 aliphatic heterocycles. The zero-order chi connectivity index (χ0) is 16.2. The molecule has 4 nitrogen and oxygen atoms in total. The van der Waals surface area contributed by atoms with Crippen LogP contribution in [0, 0.1) is 0 Å². The average molecular weight is 330 g/mol. The molecule has 1 fully saturated rings. The highest BCUT2D eigenvalue weighted by atomic mass is 35.5. The Balaban J connectivity index is 1.84. The normalized spacial score (nSPS) is 14.6. The molecule has 120 valence electrons. The highest BCUT2D eigenvalue weighted by Crippen LogP contribution is 2.31. The SMILES string of the molecule is Nc1ccc(N2CCCCC2)c(NC(=O)c2ccc(Cl)cc2)c1. The first kappa shape index (κ1) is 15.7. The standard InChI is InChI=1S/C18H20ClN3O/c19-14-6-4-13(5-7-14)18(23)21-16-12-15(20)8-9-17(16)22-10-2-1-3-11-22/h4-9,12H,1-3,10-11,20H2,(H,21,23). The maximum Gasteiger partial charge on any atom is 0.255 e. The average Bonchev–Trinajstić information content (AvgIpc) is 2.56. The van der Waals surface area contributed by atoms with Gasteiger partial charge in [-0.3, -0.25) is 4.79 Å². The van der Waals surface area contributed by atoms with Crippen LogP contribution in [0.25, 0.3) is 0 Å². The summed E-state index contributed by atoms with van der Waals surface area (Å²) < 4.78 is 0. The summed E-state index contributed by atoms with van der Waals surface area (Å²) in [7, 11) is 0. The van der Waals surface area contributed by atoms with E-state index < -0.39 is 0 Å². The third-order valence-electron chi connectivity index (χ3n) is 4.07. The number of nitrogens with two attached hydrogens (primary N) is 1. The van der Waals surface area contributed by atoms with Gasteiger partial charge in [0.2, 0.25) is 0 Å². The number of halogens is 1. The number of amides is 1. The van der Waals surface area contributed by atoms with Gasteiger partial charge < -0.3 is 16.0 Å². The van der Waals surface area contributed by atoms with Crippen LogP contribution in [0.15, 0.2) is 42.5 Å². The second-order valence-electron chi connectivity index (χ2n) is 5.79. The lowest BCUT2D eigenvalue weighted by molar-refractivity contribution is 0.102. The predicted molar refractivity (Wildman–Crippen MR) is 96.3 cm³/mol. The van der Waals surface area contributed by atoms with Crippen LogP contribution in [-0.2, 0) is 0 Å². The largest absolute Gasteiger partial charge is 0.399 e. The van der Waals surface area contributed by atoms with Crippen molar-refractivity contribution < 1.29 is 4.79 Å². The van der Waals surface area contributed by atoms with Gasteiger partial charge in [-0.1, -0.05) is 11.6 Å². The molecule has 2 aromatic rings. The number of hydrogen-bond acceptors (Lipinski definition) is 3. The van der Waals surface area contributed by atoms with E-state index in [1.165, 1.54) is 19.3 Å². The fourth-order valence-electron chi connectivity index (χ4n) is 2.86. The van der Waals surface area contributed by atoms with Crippen LogP contribution in [0.5, 0.6) is 0 Å². The van der Waals surface area contributed by atoms with Crippen LogP contribution in [0.3, 0.4) is 0 Å². The summed E-state index contributed by atoms with van der Waals surface area (Å²) >= 11 is 5.87. The van der Waals surface area contributed by atoms with Gasteiger partial charge in [0.05, 0.1) is 11.4 Å². The van der Waals surface area contributed by atoms with E-state index in [2.05, 4.69) is 10.2 Å². The van der Waals surface area contributed by atoms with Crippen molar-refractivity contribution in [3.63, 3.8) is 0 Å². The number of hydrogen-bond donors (Lipinski definition) is 2. The molecular weight excluding hydrogens is 310 g/mol. The molecule has 23 heavy (non-hydrogen) atoms. The molecule has 0 radical (unpaired) electrons. The van der Waals surface area contributed by atoms with E-state index in [1.54, 1.807) is 24.3 Å². The summed E-state index contributed by atoms with van der Waals surface area (Å²) in [5, 5.41) is 3.59. The van der Waals surface area contributed by atoms with E-state index in [0.29, 0.717) is 16.3 Å². The molecule has 0 saturated carbocycles. The zero-order valence-electron chi connectivity index (χ0n) is 12.9. The molecule has 0 unspecified atom stereocenters. The quantitative estimate of drug-likeness (QED) is 0.831. The van der Waals surface area contributed by atoms with E-state index in [-0.39, 0.29) is 5.91 Å². The number of nitrogen functional groups attached to an aromatic ring is 1. The van der Waals surface area contributed by atoms with Crippen LogP contribution in [-0.4, -0.2) is 19.0 Å². The van der Waals surface area contributed by atoms with Crippen LogP contribution in [0.1, 0.15) is 29.6 Å². The van der Waals surface area contributed by atoms with E-state index >= 15 is 0 Å². The Morgan fingerprint density at radius 2 is 1.74 bits per heavy atom. The monoisotopic (exact) mass is 329 g/mol. The summed E-state index contributed by atoms with van der Waals surface area (Å²) in [6, 6.07) is 12.5. The highest BCUT2D eigenvalue weighted by Gasteiger charge is 2.16. The van der Waals surface area contributed by atoms with Crippen molar-refractivity contribution in [3.8, 4) is 0 Å². The summed E-state index contributed by atoms with van der Waals surface area (Å²) in [4.78, 5) is 14.8. The Morgan fingerprint density at radius 1 is 1.04 bits per heavy atom. The number of carbonyl (C=O) groups is 1. The molecule has 0 bridgehead atoms. The molecule has 3 N–H and O–H groups in total. The highest BCUT2D eigenvalue weighted by molar-refractivity contribution is 6.30. The van der Waals surface area contributed by atoms with Crippen molar-refractivity contribution in [2.45, 2.75) is 19.3 Å². The number of rotatable bonds is 3. The fraction of sp³-hybridized carbons (Fsp3) is 0.278. The van der Waals surface area contributed by atoms with E-state index in [1.807, 2.05) is 18.2 Å². The van der Waals surface area contributed by atoms with Crippen molar-refractivity contribution in [2.75, 3.05) is 29.0 Å². The van der Waals surface area contributed by atoms with Crippen molar-refractivity contribution in [3.05, 3.63) is 53.1 Å². The lowest BCUT2D eigenvalue weighted by atomic mass is 10.1. The smallest absolute Gasteiger partial charge is 0.255 e. The third kappa shape index (κ3) is 3.77. The Bertz CT molecular complexity index is 694. The van der Waals surface area contributed by atoms with Crippen molar-refractivity contribution in [1.29, 1.82) is 0 Å². The molecule has 3 rings (SSSR count). The summed E-state index contributed by atoms with van der Waals surface area (Å²) in [6.07, 6.45) is 3.61. The molecule has 0 atom stereocenters. The molecule has 1 saturated heterocycles. The van der Waals surface area contributed by atoms with Gasteiger partial charge in [-0.25, -0.2) is 0 Å². The lowest BCUT2D eigenvalue weighted by Gasteiger charge is -2.30. The van der Waals surface area contributed by atoms with E-state index in [4.69, 9.17) is 17.3 Å². The van der Waals surface area contributed by atoms with Crippen LogP contribution in [0.4, 0.5) is 17.1 Å². The number of piperidine rings is 1. The first-order valence-electron chi connectivity index (χ1n) is 7.85. The lowest BCUT2D eigenvalue weighted by Crippen LogP contribution is -2.30. The van der Waals surface area contributed by atoms with Gasteiger partial charge in [0, 0.05) is 29.4 Å². The maximum absolute atomic E-state index is 12.5. The van der Waals surface area contributed by atoms with Crippen molar-refractivity contribution in [2.24, 2.45) is 0 Å². The number of anilines is 3. The maximum atomic E-state index is 12.5. The van der Waals surface area contributed by atoms with Gasteiger partial charge >= 0.3 is 0 Å². The Hall–Kier alpha value is -2.20. The van der Waals surface area contributed by atoms with Crippen LogP contribution < -0.4 is 16.0 Å². The summed E-state index contributed by atoms with van der Waals surface area (Å²) in [6.45, 7) is 2.02. The third-order valence-corrected chi connectivity index (χ3v) is 4.32. The van der Waals surface area contributed by atoms with Gasteiger partial charge in [0.15, 0.2) is 0 Å². The molecule has 0 spiro atoms. The topological polar surface area (TPSA) is 58.4 Å².